The van der Waals surface area contributed by atoms with Crippen LogP contribution in [0.25, 0.3) is 0 Å². The number of rotatable bonds is 4. The standard InChI is InChI=1S/C13H16N2O2/c1-2-7-15(10-4-5-10)13(17)9-3-6-11(14)12(16)8-9/h2-3,6,8,10,16H,1,4-5,7,14H2. The van der Waals surface area contributed by atoms with Gasteiger partial charge in [0.2, 0.25) is 0 Å². The van der Waals surface area contributed by atoms with Crippen LogP contribution in [-0.4, -0.2) is 28.5 Å². The van der Waals surface area contributed by atoms with Crippen LogP contribution in [-0.2, 0) is 0 Å². The van der Waals surface area contributed by atoms with E-state index < -0.39 is 0 Å². The molecule has 1 aliphatic rings. The number of nitrogens with two attached hydrogens (primary N) is 1. The Hall–Kier alpha value is -1.97. The van der Waals surface area contributed by atoms with Gasteiger partial charge >= 0.3 is 0 Å². The van der Waals surface area contributed by atoms with E-state index in [0.717, 1.165) is 12.8 Å². The number of anilines is 1. The molecule has 0 atom stereocenters. The highest BCUT2D eigenvalue weighted by Gasteiger charge is 2.32. The lowest BCUT2D eigenvalue weighted by Crippen LogP contribution is -2.33. The summed E-state index contributed by atoms with van der Waals surface area (Å²) in [6.45, 7) is 4.19. The van der Waals surface area contributed by atoms with Crippen molar-refractivity contribution in [2.75, 3.05) is 12.3 Å². The van der Waals surface area contributed by atoms with Crippen LogP contribution in [0.2, 0.25) is 0 Å². The second-order valence-corrected chi connectivity index (χ2v) is 4.25. The van der Waals surface area contributed by atoms with Crippen LogP contribution in [0.15, 0.2) is 30.9 Å². The first kappa shape index (κ1) is 11.5. The summed E-state index contributed by atoms with van der Waals surface area (Å²) < 4.78 is 0. The van der Waals surface area contributed by atoms with Crippen LogP contribution in [0, 0.1) is 0 Å². The largest absolute Gasteiger partial charge is 0.506 e. The lowest BCUT2D eigenvalue weighted by atomic mass is 10.1. The molecule has 17 heavy (non-hydrogen) atoms. The molecule has 0 radical (unpaired) electrons. The smallest absolute Gasteiger partial charge is 0.254 e. The SMILES string of the molecule is C=CCN(C(=O)c1ccc(N)c(O)c1)C1CC1. The summed E-state index contributed by atoms with van der Waals surface area (Å²) in [5.41, 5.74) is 6.25. The van der Waals surface area contributed by atoms with Crippen LogP contribution in [0.3, 0.4) is 0 Å². The maximum Gasteiger partial charge on any atom is 0.254 e. The van der Waals surface area contributed by atoms with Crippen molar-refractivity contribution < 1.29 is 9.90 Å². The molecule has 4 nitrogen and oxygen atoms in total. The van der Waals surface area contributed by atoms with E-state index in [1.807, 2.05) is 0 Å². The molecule has 0 spiro atoms. The number of nitrogen functional groups attached to an aromatic ring is 1. The number of benzene rings is 1. The first-order valence-corrected chi connectivity index (χ1v) is 5.64. The molecule has 4 heteroatoms. The Kier molecular flexibility index (Phi) is 3.04. The maximum atomic E-state index is 12.2. The van der Waals surface area contributed by atoms with Crippen molar-refractivity contribution in [2.45, 2.75) is 18.9 Å². The van der Waals surface area contributed by atoms with Crippen molar-refractivity contribution >= 4 is 11.6 Å². The van der Waals surface area contributed by atoms with Gasteiger partial charge in [-0.05, 0) is 31.0 Å². The molecule has 1 aromatic carbocycles. The average Bonchev–Trinajstić information content (AvgIpc) is 3.13. The van der Waals surface area contributed by atoms with Gasteiger partial charge in [0.25, 0.3) is 5.91 Å². The zero-order chi connectivity index (χ0) is 12.4. The van der Waals surface area contributed by atoms with Crippen molar-refractivity contribution in [2.24, 2.45) is 0 Å². The van der Waals surface area contributed by atoms with Gasteiger partial charge in [-0.2, -0.15) is 0 Å². The summed E-state index contributed by atoms with van der Waals surface area (Å²) in [5.74, 6) is -0.132. The predicted molar refractivity (Wildman–Crippen MR) is 66.8 cm³/mol. The second kappa shape index (κ2) is 4.49. The minimum atomic E-state index is -0.0808. The molecule has 1 saturated carbocycles. The summed E-state index contributed by atoms with van der Waals surface area (Å²) in [6.07, 6.45) is 3.80. The van der Waals surface area contributed by atoms with Gasteiger partial charge in [-0.25, -0.2) is 0 Å². The van der Waals surface area contributed by atoms with Crippen molar-refractivity contribution in [3.8, 4) is 5.75 Å². The van der Waals surface area contributed by atoms with E-state index in [2.05, 4.69) is 6.58 Å². The van der Waals surface area contributed by atoms with E-state index in [1.165, 1.54) is 6.07 Å². The molecule has 0 unspecified atom stereocenters. The van der Waals surface area contributed by atoms with Gasteiger partial charge in [0.1, 0.15) is 5.75 Å². The zero-order valence-corrected chi connectivity index (χ0v) is 9.60. The lowest BCUT2D eigenvalue weighted by molar-refractivity contribution is 0.0762. The minimum absolute atomic E-state index is 0.0507. The van der Waals surface area contributed by atoms with Crippen molar-refractivity contribution in [3.05, 3.63) is 36.4 Å². The van der Waals surface area contributed by atoms with Gasteiger partial charge in [-0.1, -0.05) is 6.08 Å². The first-order chi connectivity index (χ1) is 8.13. The highest BCUT2D eigenvalue weighted by molar-refractivity contribution is 5.95. The Bertz CT molecular complexity index is 453. The third-order valence-corrected chi connectivity index (χ3v) is 2.85. The average molecular weight is 232 g/mol. The van der Waals surface area contributed by atoms with E-state index in [9.17, 15) is 9.90 Å². The molecule has 1 amide bonds. The van der Waals surface area contributed by atoms with Crippen LogP contribution >= 0.6 is 0 Å². The van der Waals surface area contributed by atoms with E-state index in [0.29, 0.717) is 18.2 Å². The monoisotopic (exact) mass is 232 g/mol. The molecule has 3 N–H and O–H groups in total. The van der Waals surface area contributed by atoms with Gasteiger partial charge in [0, 0.05) is 18.2 Å². The van der Waals surface area contributed by atoms with Crippen LogP contribution in [0.5, 0.6) is 5.75 Å². The minimum Gasteiger partial charge on any atom is -0.506 e. The van der Waals surface area contributed by atoms with E-state index in [4.69, 9.17) is 5.73 Å². The second-order valence-electron chi connectivity index (χ2n) is 4.25. The van der Waals surface area contributed by atoms with Gasteiger partial charge in [0.05, 0.1) is 5.69 Å². The summed E-state index contributed by atoms with van der Waals surface area (Å²) in [6, 6.07) is 4.91. The van der Waals surface area contributed by atoms with Crippen LogP contribution in [0.1, 0.15) is 23.2 Å². The molecule has 0 bridgehead atoms. The molecule has 0 aromatic heterocycles. The Morgan fingerprint density at radius 2 is 2.29 bits per heavy atom. The van der Waals surface area contributed by atoms with Gasteiger partial charge in [-0.15, -0.1) is 6.58 Å². The summed E-state index contributed by atoms with van der Waals surface area (Å²) >= 11 is 0. The molecule has 1 fully saturated rings. The number of nitrogens with zero attached hydrogens (tertiary/aromatic N) is 1. The number of phenolic OH excluding ortho intramolecular Hbond substituents is 1. The third kappa shape index (κ3) is 2.41. The molecule has 90 valence electrons. The Morgan fingerprint density at radius 3 is 2.82 bits per heavy atom. The van der Waals surface area contributed by atoms with E-state index in [-0.39, 0.29) is 17.3 Å². The molecule has 0 heterocycles. The molecular formula is C13H16N2O2. The molecule has 0 aliphatic heterocycles. The Labute approximate surface area is 100 Å². The fraction of sp³-hybridized carbons (Fsp3) is 0.308. The Balaban J connectivity index is 2.21. The van der Waals surface area contributed by atoms with Crippen LogP contribution in [0.4, 0.5) is 5.69 Å². The Morgan fingerprint density at radius 1 is 1.59 bits per heavy atom. The van der Waals surface area contributed by atoms with E-state index >= 15 is 0 Å². The zero-order valence-electron chi connectivity index (χ0n) is 9.60. The predicted octanol–water partition coefficient (Wildman–Crippen LogP) is 1.76. The van der Waals surface area contributed by atoms with E-state index in [1.54, 1.807) is 23.1 Å². The number of carbonyl (C=O) groups is 1. The van der Waals surface area contributed by atoms with Gasteiger partial charge in [0.15, 0.2) is 0 Å². The summed E-state index contributed by atoms with van der Waals surface area (Å²) in [7, 11) is 0. The number of aromatic hydroxyl groups is 1. The highest BCUT2D eigenvalue weighted by Crippen LogP contribution is 2.29. The van der Waals surface area contributed by atoms with Gasteiger partial charge < -0.3 is 15.7 Å². The fourth-order valence-corrected chi connectivity index (χ4v) is 1.77. The topological polar surface area (TPSA) is 66.6 Å². The molecule has 1 aliphatic carbocycles. The van der Waals surface area contributed by atoms with Crippen LogP contribution < -0.4 is 5.73 Å². The number of hydrogen-bond donors (Lipinski definition) is 2. The fourth-order valence-electron chi connectivity index (χ4n) is 1.77. The number of phenols is 1. The maximum absolute atomic E-state index is 12.2. The van der Waals surface area contributed by atoms with Crippen molar-refractivity contribution in [1.82, 2.24) is 4.90 Å². The first-order valence-electron chi connectivity index (χ1n) is 5.64. The van der Waals surface area contributed by atoms with Crippen molar-refractivity contribution in [1.29, 1.82) is 0 Å². The third-order valence-electron chi connectivity index (χ3n) is 2.85. The summed E-state index contributed by atoms with van der Waals surface area (Å²) in [4.78, 5) is 14.0. The molecular weight excluding hydrogens is 216 g/mol. The molecule has 0 saturated heterocycles. The van der Waals surface area contributed by atoms with Crippen molar-refractivity contribution in [3.63, 3.8) is 0 Å². The molecule has 2 rings (SSSR count). The number of hydrogen-bond acceptors (Lipinski definition) is 3. The molecule has 1 aromatic rings. The number of carbonyl (C=O) groups excluding carboxylic acids is 1. The quantitative estimate of drug-likeness (QED) is 0.472. The lowest BCUT2D eigenvalue weighted by Gasteiger charge is -2.20. The normalized spacial score (nSPS) is 14.4. The highest BCUT2D eigenvalue weighted by atomic mass is 16.3. The van der Waals surface area contributed by atoms with Gasteiger partial charge in [-0.3, -0.25) is 4.79 Å². The summed E-state index contributed by atoms with van der Waals surface area (Å²) in [5, 5.41) is 9.50. The number of amides is 1.